The smallest absolute Gasteiger partial charge is 0.162 e. The van der Waals surface area contributed by atoms with E-state index >= 15 is 0 Å². The maximum absolute atomic E-state index is 12.2. The van der Waals surface area contributed by atoms with Crippen LogP contribution in [-0.2, 0) is 6.42 Å². The van der Waals surface area contributed by atoms with Crippen LogP contribution < -0.4 is 5.73 Å². The van der Waals surface area contributed by atoms with Gasteiger partial charge in [0.1, 0.15) is 0 Å². The summed E-state index contributed by atoms with van der Waals surface area (Å²) in [5.41, 5.74) is 8.04. The molecule has 1 aromatic carbocycles. The van der Waals surface area contributed by atoms with Gasteiger partial charge in [-0.25, -0.2) is 0 Å². The number of halogens is 1. The number of benzene rings is 1. The Bertz CT molecular complexity index is 475. The van der Waals surface area contributed by atoms with Crippen LogP contribution in [0.3, 0.4) is 0 Å². The third kappa shape index (κ3) is 9.39. The molecule has 0 aromatic heterocycles. The number of hydrogen-bond acceptors (Lipinski definition) is 3. The fourth-order valence-electron chi connectivity index (χ4n) is 2.99. The average Bonchev–Trinajstić information content (AvgIpc) is 2.60. The van der Waals surface area contributed by atoms with E-state index in [-0.39, 0.29) is 30.3 Å². The molecule has 0 saturated heterocycles. The Morgan fingerprint density at radius 2 is 1.68 bits per heavy atom. The summed E-state index contributed by atoms with van der Waals surface area (Å²) < 4.78 is 0. The average molecular weight is 370 g/mol. The van der Waals surface area contributed by atoms with Gasteiger partial charge in [0.2, 0.25) is 0 Å². The lowest BCUT2D eigenvalue weighted by molar-refractivity contribution is 0.0979. The number of aryl methyl sites for hydroxylation is 1. The number of Topliss-reactive ketones (excluding diaryl/α,β-unsaturated/α-hetero) is 1. The summed E-state index contributed by atoms with van der Waals surface area (Å²) >= 11 is 0. The Morgan fingerprint density at radius 1 is 1.04 bits per heavy atom. The number of rotatable bonds is 13. The monoisotopic (exact) mass is 369 g/mol. The van der Waals surface area contributed by atoms with Crippen LogP contribution in [0.25, 0.3) is 0 Å². The summed E-state index contributed by atoms with van der Waals surface area (Å²) in [5.74, 6) is 0.250. The Labute approximate surface area is 159 Å². The van der Waals surface area contributed by atoms with E-state index in [4.69, 9.17) is 10.8 Å². The zero-order chi connectivity index (χ0) is 17.8. The molecule has 0 aliphatic carbocycles. The van der Waals surface area contributed by atoms with Gasteiger partial charge in [0.25, 0.3) is 0 Å². The van der Waals surface area contributed by atoms with Crippen molar-refractivity contribution in [2.75, 3.05) is 6.61 Å². The van der Waals surface area contributed by atoms with Crippen molar-refractivity contribution in [3.63, 3.8) is 0 Å². The molecule has 0 heterocycles. The number of nitrogens with two attached hydrogens (primary N) is 1. The zero-order valence-electron chi connectivity index (χ0n) is 15.9. The molecule has 1 rings (SSSR count). The van der Waals surface area contributed by atoms with Crippen LogP contribution in [0.5, 0.6) is 0 Å². The minimum Gasteiger partial charge on any atom is -0.396 e. The lowest BCUT2D eigenvalue weighted by atomic mass is 9.87. The third-order valence-electron chi connectivity index (χ3n) is 5.01. The molecule has 0 aliphatic heterocycles. The molecule has 1 unspecified atom stereocenters. The maximum Gasteiger partial charge on any atom is 0.162 e. The summed E-state index contributed by atoms with van der Waals surface area (Å²) in [7, 11) is 0. The SMILES string of the molecule is CCCCCCCC(=O)c1ccc(CCC(N)(CC)CCO)cc1.Cl. The fraction of sp³-hybridized carbons (Fsp3) is 0.667. The predicted octanol–water partition coefficient (Wildman–Crippen LogP) is 5.07. The number of aliphatic hydroxyl groups excluding tert-OH is 1. The molecule has 0 saturated carbocycles. The van der Waals surface area contributed by atoms with Crippen LogP contribution in [0.1, 0.15) is 87.6 Å². The first-order valence-electron chi connectivity index (χ1n) is 9.56. The van der Waals surface area contributed by atoms with Crippen LogP contribution >= 0.6 is 12.4 Å². The highest BCUT2D eigenvalue weighted by Crippen LogP contribution is 2.20. The van der Waals surface area contributed by atoms with E-state index < -0.39 is 0 Å². The minimum atomic E-state index is -0.290. The molecule has 1 atom stereocenters. The maximum atomic E-state index is 12.2. The van der Waals surface area contributed by atoms with E-state index in [0.29, 0.717) is 12.8 Å². The number of unbranched alkanes of at least 4 members (excludes halogenated alkanes) is 4. The first-order chi connectivity index (χ1) is 11.5. The topological polar surface area (TPSA) is 63.3 Å². The van der Waals surface area contributed by atoms with Gasteiger partial charge >= 0.3 is 0 Å². The van der Waals surface area contributed by atoms with Gasteiger partial charge in [0.05, 0.1) is 0 Å². The summed E-state index contributed by atoms with van der Waals surface area (Å²) in [6.45, 7) is 4.40. The van der Waals surface area contributed by atoms with Crippen molar-refractivity contribution in [2.24, 2.45) is 5.73 Å². The van der Waals surface area contributed by atoms with E-state index in [2.05, 4.69) is 13.8 Å². The second-order valence-electron chi connectivity index (χ2n) is 6.97. The highest BCUT2D eigenvalue weighted by molar-refractivity contribution is 5.96. The molecule has 3 N–H and O–H groups in total. The molecule has 4 heteroatoms. The molecule has 0 radical (unpaired) electrons. The Hall–Kier alpha value is -0.900. The second kappa shape index (κ2) is 13.3. The minimum absolute atomic E-state index is 0. The molecular formula is C21H36ClNO2. The Morgan fingerprint density at radius 3 is 2.24 bits per heavy atom. The predicted molar refractivity (Wildman–Crippen MR) is 109 cm³/mol. The first kappa shape index (κ1) is 24.1. The van der Waals surface area contributed by atoms with Gasteiger partial charge in [-0.3, -0.25) is 4.79 Å². The summed E-state index contributed by atoms with van der Waals surface area (Å²) in [4.78, 5) is 12.2. The highest BCUT2D eigenvalue weighted by Gasteiger charge is 2.21. The van der Waals surface area contributed by atoms with Gasteiger partial charge in [-0.2, -0.15) is 0 Å². The van der Waals surface area contributed by atoms with Crippen LogP contribution in [0.4, 0.5) is 0 Å². The number of aliphatic hydroxyl groups is 1. The largest absolute Gasteiger partial charge is 0.396 e. The number of carbonyl (C=O) groups is 1. The molecular weight excluding hydrogens is 334 g/mol. The molecule has 0 bridgehead atoms. The molecule has 3 nitrogen and oxygen atoms in total. The fourth-order valence-corrected chi connectivity index (χ4v) is 2.99. The van der Waals surface area contributed by atoms with Crippen LogP contribution in [-0.4, -0.2) is 23.0 Å². The van der Waals surface area contributed by atoms with Gasteiger partial charge in [0, 0.05) is 24.1 Å². The standard InChI is InChI=1S/C21H35NO2.ClH/c1-3-5-6-7-8-9-20(24)19-12-10-18(11-13-19)14-15-21(22,4-2)16-17-23;/h10-13,23H,3-9,14-17,22H2,1-2H3;1H. The molecule has 0 aliphatic rings. The van der Waals surface area contributed by atoms with E-state index in [9.17, 15) is 4.79 Å². The first-order valence-corrected chi connectivity index (χ1v) is 9.56. The van der Waals surface area contributed by atoms with Crippen molar-refractivity contribution in [1.82, 2.24) is 0 Å². The lowest BCUT2D eigenvalue weighted by Crippen LogP contribution is -2.40. The van der Waals surface area contributed by atoms with Crippen LogP contribution in [0.2, 0.25) is 0 Å². The molecule has 25 heavy (non-hydrogen) atoms. The molecule has 0 spiro atoms. The van der Waals surface area contributed by atoms with E-state index in [1.807, 2.05) is 24.3 Å². The zero-order valence-corrected chi connectivity index (χ0v) is 16.7. The van der Waals surface area contributed by atoms with Crippen LogP contribution in [0, 0.1) is 0 Å². The van der Waals surface area contributed by atoms with E-state index in [0.717, 1.165) is 37.7 Å². The van der Waals surface area contributed by atoms with Crippen molar-refractivity contribution in [3.05, 3.63) is 35.4 Å². The number of ketones is 1. The van der Waals surface area contributed by atoms with Crippen molar-refractivity contribution < 1.29 is 9.90 Å². The van der Waals surface area contributed by atoms with Crippen molar-refractivity contribution in [3.8, 4) is 0 Å². The molecule has 1 aromatic rings. The van der Waals surface area contributed by atoms with Gasteiger partial charge in [-0.15, -0.1) is 12.4 Å². The van der Waals surface area contributed by atoms with Gasteiger partial charge in [-0.05, 0) is 37.7 Å². The van der Waals surface area contributed by atoms with Crippen LogP contribution in [0.15, 0.2) is 24.3 Å². The lowest BCUT2D eigenvalue weighted by Gasteiger charge is -2.27. The molecule has 0 fully saturated rings. The molecule has 144 valence electrons. The number of carbonyl (C=O) groups excluding carboxylic acids is 1. The Kier molecular flexibility index (Phi) is 12.8. The quantitative estimate of drug-likeness (QED) is 0.376. The third-order valence-corrected chi connectivity index (χ3v) is 5.01. The second-order valence-corrected chi connectivity index (χ2v) is 6.97. The van der Waals surface area contributed by atoms with E-state index in [1.54, 1.807) is 0 Å². The van der Waals surface area contributed by atoms with Crippen molar-refractivity contribution >= 4 is 18.2 Å². The summed E-state index contributed by atoms with van der Waals surface area (Å²) in [6, 6.07) is 7.97. The molecule has 0 amide bonds. The highest BCUT2D eigenvalue weighted by atomic mass is 35.5. The van der Waals surface area contributed by atoms with Gasteiger partial charge in [-0.1, -0.05) is 63.8 Å². The number of hydrogen-bond donors (Lipinski definition) is 2. The van der Waals surface area contributed by atoms with Gasteiger partial charge < -0.3 is 10.8 Å². The van der Waals surface area contributed by atoms with Gasteiger partial charge in [0.15, 0.2) is 5.78 Å². The normalized spacial score (nSPS) is 13.1. The Balaban J connectivity index is 0.00000576. The van der Waals surface area contributed by atoms with E-state index in [1.165, 1.54) is 24.8 Å². The summed E-state index contributed by atoms with van der Waals surface area (Å²) in [5, 5.41) is 9.13. The summed E-state index contributed by atoms with van der Waals surface area (Å²) in [6.07, 6.45) is 9.77. The van der Waals surface area contributed by atoms with Crippen molar-refractivity contribution in [2.45, 2.75) is 83.6 Å². The van der Waals surface area contributed by atoms with Crippen molar-refractivity contribution in [1.29, 1.82) is 0 Å².